The molecule has 0 aromatic carbocycles. The summed E-state index contributed by atoms with van der Waals surface area (Å²) in [6, 6.07) is 1.73. The van der Waals surface area contributed by atoms with Gasteiger partial charge in [0, 0.05) is 31.1 Å². The predicted molar refractivity (Wildman–Crippen MR) is 73.7 cm³/mol. The van der Waals surface area contributed by atoms with Gasteiger partial charge in [0.1, 0.15) is 0 Å². The molecule has 4 nitrogen and oxygen atoms in total. The number of carbonyl (C=O) groups is 1. The van der Waals surface area contributed by atoms with E-state index in [-0.39, 0.29) is 12.5 Å². The van der Waals surface area contributed by atoms with Gasteiger partial charge in [-0.2, -0.15) is 0 Å². The summed E-state index contributed by atoms with van der Waals surface area (Å²) in [5.41, 5.74) is 0. The van der Waals surface area contributed by atoms with Crippen LogP contribution in [0.25, 0.3) is 0 Å². The molecule has 2 heterocycles. The molecule has 3 rings (SSSR count). The maximum atomic E-state index is 12.5. The van der Waals surface area contributed by atoms with E-state index in [2.05, 4.69) is 5.32 Å². The number of carbonyl (C=O) groups excluding carboxylic acids is 1. The zero-order valence-corrected chi connectivity index (χ0v) is 11.7. The van der Waals surface area contributed by atoms with Crippen molar-refractivity contribution >= 4 is 5.91 Å². The van der Waals surface area contributed by atoms with Crippen molar-refractivity contribution in [3.05, 3.63) is 0 Å². The van der Waals surface area contributed by atoms with Crippen molar-refractivity contribution in [1.29, 1.82) is 0 Å². The summed E-state index contributed by atoms with van der Waals surface area (Å²) in [6.45, 7) is 0.626. The van der Waals surface area contributed by atoms with Gasteiger partial charge in [-0.15, -0.1) is 0 Å². The highest BCUT2D eigenvalue weighted by Crippen LogP contribution is 2.34. The van der Waals surface area contributed by atoms with Crippen molar-refractivity contribution in [2.45, 2.75) is 69.5 Å². The maximum absolute atomic E-state index is 12.5. The zero-order chi connectivity index (χ0) is 13.2. The van der Waals surface area contributed by atoms with E-state index in [4.69, 9.17) is 5.11 Å². The fourth-order valence-corrected chi connectivity index (χ4v) is 4.02. The summed E-state index contributed by atoms with van der Waals surface area (Å²) in [4.78, 5) is 14.4. The van der Waals surface area contributed by atoms with Gasteiger partial charge in [0.2, 0.25) is 5.91 Å². The van der Waals surface area contributed by atoms with Gasteiger partial charge in [0.15, 0.2) is 0 Å². The lowest BCUT2D eigenvalue weighted by Crippen LogP contribution is -2.47. The lowest BCUT2D eigenvalue weighted by atomic mass is 9.87. The molecule has 108 valence electrons. The van der Waals surface area contributed by atoms with Crippen LogP contribution in [-0.4, -0.2) is 47.2 Å². The van der Waals surface area contributed by atoms with E-state index in [1.807, 2.05) is 4.90 Å². The number of rotatable bonds is 5. The van der Waals surface area contributed by atoms with Gasteiger partial charge >= 0.3 is 0 Å². The lowest BCUT2D eigenvalue weighted by molar-refractivity contribution is -0.137. The van der Waals surface area contributed by atoms with Crippen LogP contribution < -0.4 is 5.32 Å². The number of amides is 1. The Labute approximate surface area is 115 Å². The van der Waals surface area contributed by atoms with Gasteiger partial charge in [-0.05, 0) is 50.9 Å². The summed E-state index contributed by atoms with van der Waals surface area (Å²) in [6.07, 6.45) is 9.10. The van der Waals surface area contributed by atoms with Crippen LogP contribution in [0.4, 0.5) is 0 Å². The quantitative estimate of drug-likeness (QED) is 0.788. The van der Waals surface area contributed by atoms with E-state index in [0.29, 0.717) is 37.0 Å². The van der Waals surface area contributed by atoms with E-state index < -0.39 is 0 Å². The first-order valence-electron chi connectivity index (χ1n) is 7.92. The van der Waals surface area contributed by atoms with E-state index >= 15 is 0 Å². The molecule has 2 saturated heterocycles. The van der Waals surface area contributed by atoms with Gasteiger partial charge in [-0.1, -0.05) is 0 Å². The number of piperidine rings is 1. The van der Waals surface area contributed by atoms with Crippen molar-refractivity contribution in [2.24, 2.45) is 5.92 Å². The molecule has 0 spiro atoms. The van der Waals surface area contributed by atoms with Crippen molar-refractivity contribution in [1.82, 2.24) is 10.2 Å². The maximum Gasteiger partial charge on any atom is 0.223 e. The molecule has 0 aromatic heterocycles. The van der Waals surface area contributed by atoms with Crippen LogP contribution in [0.15, 0.2) is 0 Å². The van der Waals surface area contributed by atoms with Gasteiger partial charge in [-0.3, -0.25) is 4.79 Å². The van der Waals surface area contributed by atoms with E-state index in [9.17, 15) is 4.79 Å². The van der Waals surface area contributed by atoms with Gasteiger partial charge in [-0.25, -0.2) is 0 Å². The summed E-state index contributed by atoms with van der Waals surface area (Å²) >= 11 is 0. The summed E-state index contributed by atoms with van der Waals surface area (Å²) in [5.74, 6) is 0.845. The molecule has 0 aromatic rings. The fraction of sp³-hybridized carbons (Fsp3) is 0.933. The normalized spacial score (nSPS) is 34.1. The molecule has 2 unspecified atom stereocenters. The highest BCUT2D eigenvalue weighted by atomic mass is 16.3. The van der Waals surface area contributed by atoms with E-state index in [0.717, 1.165) is 12.8 Å². The minimum Gasteiger partial charge on any atom is -0.395 e. The average Bonchev–Trinajstić information content (AvgIpc) is 2.66. The standard InChI is InChI=1S/C15H26N2O2/c18-7-6-17(14-2-1-3-14)15(19)10-11-8-12-4-5-13(9-11)16-12/h11-14,16,18H,1-10H2. The Morgan fingerprint density at radius 3 is 2.37 bits per heavy atom. The molecule has 19 heavy (non-hydrogen) atoms. The smallest absolute Gasteiger partial charge is 0.223 e. The zero-order valence-electron chi connectivity index (χ0n) is 11.7. The van der Waals surface area contributed by atoms with Crippen LogP contribution in [0, 0.1) is 5.92 Å². The van der Waals surface area contributed by atoms with Gasteiger partial charge in [0.25, 0.3) is 0 Å². The average molecular weight is 266 g/mol. The molecule has 0 radical (unpaired) electrons. The molecule has 1 saturated carbocycles. The second-order valence-corrected chi connectivity index (χ2v) is 6.57. The largest absolute Gasteiger partial charge is 0.395 e. The Morgan fingerprint density at radius 1 is 1.16 bits per heavy atom. The summed E-state index contributed by atoms with van der Waals surface area (Å²) in [7, 11) is 0. The molecule has 3 aliphatic rings. The fourth-order valence-electron chi connectivity index (χ4n) is 4.02. The first kappa shape index (κ1) is 13.4. The number of aliphatic hydroxyl groups is 1. The summed E-state index contributed by atoms with van der Waals surface area (Å²) in [5, 5.41) is 12.8. The number of hydrogen-bond donors (Lipinski definition) is 2. The topological polar surface area (TPSA) is 52.6 Å². The number of nitrogens with one attached hydrogen (secondary N) is 1. The monoisotopic (exact) mass is 266 g/mol. The minimum absolute atomic E-state index is 0.0969. The molecule has 1 aliphatic carbocycles. The number of hydrogen-bond acceptors (Lipinski definition) is 3. The molecular weight excluding hydrogens is 240 g/mol. The number of nitrogens with zero attached hydrogens (tertiary/aromatic N) is 1. The van der Waals surface area contributed by atoms with Gasteiger partial charge in [0.05, 0.1) is 6.61 Å². The molecule has 2 atom stereocenters. The second kappa shape index (κ2) is 5.80. The third-order valence-corrected chi connectivity index (χ3v) is 5.21. The van der Waals surface area contributed by atoms with Crippen LogP contribution in [0.5, 0.6) is 0 Å². The molecule has 4 heteroatoms. The molecular formula is C15H26N2O2. The van der Waals surface area contributed by atoms with Crippen molar-refractivity contribution in [3.8, 4) is 0 Å². The van der Waals surface area contributed by atoms with Crippen LogP contribution >= 0.6 is 0 Å². The Kier molecular flexibility index (Phi) is 4.08. The van der Waals surface area contributed by atoms with E-state index in [1.54, 1.807) is 0 Å². The number of aliphatic hydroxyl groups excluding tert-OH is 1. The third-order valence-electron chi connectivity index (χ3n) is 5.21. The van der Waals surface area contributed by atoms with Crippen LogP contribution in [0.2, 0.25) is 0 Å². The number of fused-ring (bicyclic) bond motifs is 2. The predicted octanol–water partition coefficient (Wildman–Crippen LogP) is 1.28. The molecule has 3 fully saturated rings. The summed E-state index contributed by atoms with van der Waals surface area (Å²) < 4.78 is 0. The lowest BCUT2D eigenvalue weighted by Gasteiger charge is -2.38. The molecule has 2 aliphatic heterocycles. The SMILES string of the molecule is O=C(CC1CC2CCC(C1)N2)N(CCO)C1CCC1. The van der Waals surface area contributed by atoms with Crippen molar-refractivity contribution in [2.75, 3.05) is 13.2 Å². The first-order chi connectivity index (χ1) is 9.26. The van der Waals surface area contributed by atoms with Crippen molar-refractivity contribution < 1.29 is 9.90 Å². The van der Waals surface area contributed by atoms with Crippen LogP contribution in [0.1, 0.15) is 51.4 Å². The van der Waals surface area contributed by atoms with E-state index in [1.165, 1.54) is 32.1 Å². The highest BCUT2D eigenvalue weighted by Gasteiger charge is 2.36. The minimum atomic E-state index is 0.0969. The second-order valence-electron chi connectivity index (χ2n) is 6.57. The molecule has 1 amide bonds. The Morgan fingerprint density at radius 2 is 1.84 bits per heavy atom. The Hall–Kier alpha value is -0.610. The van der Waals surface area contributed by atoms with Crippen molar-refractivity contribution in [3.63, 3.8) is 0 Å². The van der Waals surface area contributed by atoms with Crippen LogP contribution in [0.3, 0.4) is 0 Å². The first-order valence-corrected chi connectivity index (χ1v) is 7.92. The Bertz CT molecular complexity index is 318. The third kappa shape index (κ3) is 2.95. The van der Waals surface area contributed by atoms with Gasteiger partial charge < -0.3 is 15.3 Å². The Balaban J connectivity index is 1.53. The highest BCUT2D eigenvalue weighted by molar-refractivity contribution is 5.77. The molecule has 2 bridgehead atoms. The molecule has 2 N–H and O–H groups in total. The van der Waals surface area contributed by atoms with Crippen LogP contribution in [-0.2, 0) is 4.79 Å².